The molecule has 0 radical (unpaired) electrons. The van der Waals surface area contributed by atoms with Gasteiger partial charge in [0.1, 0.15) is 12.2 Å². The van der Waals surface area contributed by atoms with Gasteiger partial charge >= 0.3 is 0 Å². The maximum atomic E-state index is 12.1. The molecule has 2 aromatic rings. The molecule has 0 aliphatic carbocycles. The van der Waals surface area contributed by atoms with Crippen molar-refractivity contribution >= 4 is 5.91 Å². The summed E-state index contributed by atoms with van der Waals surface area (Å²) in [7, 11) is 1.75. The van der Waals surface area contributed by atoms with E-state index in [0.717, 1.165) is 6.42 Å². The number of amides is 1. The molecule has 0 spiro atoms. The zero-order valence-electron chi connectivity index (χ0n) is 10.6. The fourth-order valence-corrected chi connectivity index (χ4v) is 1.71. The van der Waals surface area contributed by atoms with Crippen molar-refractivity contribution in [1.29, 1.82) is 0 Å². The third-order valence-electron chi connectivity index (χ3n) is 2.81. The molecule has 0 aliphatic rings. The lowest BCUT2D eigenvalue weighted by atomic mass is 10.1. The Labute approximate surface area is 106 Å². The first-order chi connectivity index (χ1) is 8.70. The van der Waals surface area contributed by atoms with E-state index in [9.17, 15) is 4.79 Å². The van der Waals surface area contributed by atoms with E-state index >= 15 is 0 Å². The van der Waals surface area contributed by atoms with Crippen LogP contribution < -0.4 is 0 Å². The first-order valence-corrected chi connectivity index (χ1v) is 5.89. The number of hydrogen-bond donors (Lipinski definition) is 1. The van der Waals surface area contributed by atoms with Gasteiger partial charge in [-0.05, 0) is 24.1 Å². The summed E-state index contributed by atoms with van der Waals surface area (Å²) in [6.45, 7) is 2.52. The van der Waals surface area contributed by atoms with Crippen LogP contribution in [-0.2, 0) is 13.0 Å². The Morgan fingerprint density at radius 3 is 2.61 bits per heavy atom. The molecular formula is C13H16N4O. The van der Waals surface area contributed by atoms with Crippen LogP contribution in [0.5, 0.6) is 0 Å². The fraction of sp³-hybridized carbons (Fsp3) is 0.308. The molecular weight excluding hydrogens is 228 g/mol. The molecule has 0 bridgehead atoms. The molecule has 94 valence electrons. The number of benzene rings is 1. The molecule has 0 saturated heterocycles. The molecule has 1 heterocycles. The van der Waals surface area contributed by atoms with E-state index in [-0.39, 0.29) is 5.91 Å². The summed E-state index contributed by atoms with van der Waals surface area (Å²) < 4.78 is 0. The predicted octanol–water partition coefficient (Wildman–Crippen LogP) is 1.64. The van der Waals surface area contributed by atoms with Crippen molar-refractivity contribution in [2.24, 2.45) is 0 Å². The molecule has 18 heavy (non-hydrogen) atoms. The minimum absolute atomic E-state index is 0.0194. The highest BCUT2D eigenvalue weighted by Crippen LogP contribution is 2.08. The first-order valence-electron chi connectivity index (χ1n) is 5.89. The number of rotatable bonds is 4. The van der Waals surface area contributed by atoms with E-state index in [1.807, 2.05) is 24.3 Å². The van der Waals surface area contributed by atoms with Crippen molar-refractivity contribution in [3.8, 4) is 0 Å². The Morgan fingerprint density at radius 1 is 1.33 bits per heavy atom. The summed E-state index contributed by atoms with van der Waals surface area (Å²) in [6.07, 6.45) is 2.41. The van der Waals surface area contributed by atoms with Crippen LogP contribution in [-0.4, -0.2) is 33.0 Å². The molecule has 0 fully saturated rings. The van der Waals surface area contributed by atoms with Crippen LogP contribution in [0.4, 0.5) is 0 Å². The quantitative estimate of drug-likeness (QED) is 0.889. The van der Waals surface area contributed by atoms with Crippen molar-refractivity contribution < 1.29 is 4.79 Å². The third-order valence-corrected chi connectivity index (χ3v) is 2.81. The highest BCUT2D eigenvalue weighted by Gasteiger charge is 2.12. The minimum Gasteiger partial charge on any atom is -0.334 e. The molecule has 1 amide bonds. The number of aryl methyl sites for hydroxylation is 1. The summed E-state index contributed by atoms with van der Waals surface area (Å²) >= 11 is 0. The smallest absolute Gasteiger partial charge is 0.254 e. The van der Waals surface area contributed by atoms with Gasteiger partial charge < -0.3 is 4.90 Å². The van der Waals surface area contributed by atoms with E-state index in [1.165, 1.54) is 11.9 Å². The molecule has 5 heteroatoms. The second-order valence-corrected chi connectivity index (χ2v) is 4.14. The van der Waals surface area contributed by atoms with Gasteiger partial charge in [-0.3, -0.25) is 9.89 Å². The molecule has 5 nitrogen and oxygen atoms in total. The Hall–Kier alpha value is -2.17. The van der Waals surface area contributed by atoms with Crippen LogP contribution in [0.1, 0.15) is 28.7 Å². The van der Waals surface area contributed by atoms with Gasteiger partial charge in [-0.25, -0.2) is 4.98 Å². The van der Waals surface area contributed by atoms with Gasteiger partial charge in [-0.1, -0.05) is 19.1 Å². The number of carbonyl (C=O) groups excluding carboxylic acids is 1. The van der Waals surface area contributed by atoms with Gasteiger partial charge in [-0.2, -0.15) is 5.10 Å². The molecule has 1 aromatic heterocycles. The highest BCUT2D eigenvalue weighted by atomic mass is 16.2. The number of H-pyrrole nitrogens is 1. The number of aromatic nitrogens is 3. The fourth-order valence-electron chi connectivity index (χ4n) is 1.71. The zero-order chi connectivity index (χ0) is 13.0. The van der Waals surface area contributed by atoms with Gasteiger partial charge in [0.2, 0.25) is 0 Å². The van der Waals surface area contributed by atoms with Gasteiger partial charge in [0.25, 0.3) is 5.91 Å². The summed E-state index contributed by atoms with van der Waals surface area (Å²) in [5, 5.41) is 6.49. The monoisotopic (exact) mass is 244 g/mol. The van der Waals surface area contributed by atoms with Crippen LogP contribution in [0.2, 0.25) is 0 Å². The summed E-state index contributed by atoms with van der Waals surface area (Å²) in [5.41, 5.74) is 1.92. The van der Waals surface area contributed by atoms with Crippen molar-refractivity contribution in [3.05, 3.63) is 47.5 Å². The zero-order valence-corrected chi connectivity index (χ0v) is 10.6. The Bertz CT molecular complexity index is 504. The largest absolute Gasteiger partial charge is 0.334 e. The normalized spacial score (nSPS) is 10.3. The average Bonchev–Trinajstić information content (AvgIpc) is 2.91. The van der Waals surface area contributed by atoms with Crippen molar-refractivity contribution in [2.45, 2.75) is 19.9 Å². The molecule has 0 aliphatic heterocycles. The molecule has 0 unspecified atom stereocenters. The average molecular weight is 244 g/mol. The second-order valence-electron chi connectivity index (χ2n) is 4.14. The van der Waals surface area contributed by atoms with Gasteiger partial charge in [0.15, 0.2) is 0 Å². The van der Waals surface area contributed by atoms with Crippen LogP contribution >= 0.6 is 0 Å². The van der Waals surface area contributed by atoms with Crippen LogP contribution in [0.15, 0.2) is 30.6 Å². The number of carbonyl (C=O) groups is 1. The Kier molecular flexibility index (Phi) is 3.72. The van der Waals surface area contributed by atoms with Crippen LogP contribution in [0.3, 0.4) is 0 Å². The molecule has 1 aromatic carbocycles. The number of nitrogens with one attached hydrogen (secondary N) is 1. The Morgan fingerprint density at radius 2 is 2.06 bits per heavy atom. The van der Waals surface area contributed by atoms with Crippen molar-refractivity contribution in [3.63, 3.8) is 0 Å². The minimum atomic E-state index is -0.0194. The van der Waals surface area contributed by atoms with Crippen LogP contribution in [0, 0.1) is 0 Å². The van der Waals surface area contributed by atoms with E-state index in [1.54, 1.807) is 11.9 Å². The molecule has 0 atom stereocenters. The number of aromatic amines is 1. The van der Waals surface area contributed by atoms with E-state index in [0.29, 0.717) is 17.9 Å². The van der Waals surface area contributed by atoms with E-state index in [2.05, 4.69) is 22.1 Å². The van der Waals surface area contributed by atoms with Crippen LogP contribution in [0.25, 0.3) is 0 Å². The maximum Gasteiger partial charge on any atom is 0.254 e. The summed E-state index contributed by atoms with van der Waals surface area (Å²) in [6, 6.07) is 7.68. The molecule has 2 rings (SSSR count). The first kappa shape index (κ1) is 12.3. The SMILES string of the molecule is CCc1ccc(C(=O)N(C)Cc2ncn[nH]2)cc1. The third kappa shape index (κ3) is 2.74. The molecule has 1 N–H and O–H groups in total. The lowest BCUT2D eigenvalue weighted by Gasteiger charge is -2.15. The lowest BCUT2D eigenvalue weighted by Crippen LogP contribution is -2.26. The maximum absolute atomic E-state index is 12.1. The standard InChI is InChI=1S/C13H16N4O/c1-3-10-4-6-11(7-5-10)13(18)17(2)8-12-14-9-15-16-12/h4-7,9H,3,8H2,1-2H3,(H,14,15,16). The summed E-state index contributed by atoms with van der Waals surface area (Å²) in [5.74, 6) is 0.657. The predicted molar refractivity (Wildman–Crippen MR) is 68.0 cm³/mol. The number of hydrogen-bond acceptors (Lipinski definition) is 3. The van der Waals surface area contributed by atoms with Gasteiger partial charge in [0, 0.05) is 12.6 Å². The van der Waals surface area contributed by atoms with E-state index in [4.69, 9.17) is 0 Å². The van der Waals surface area contributed by atoms with Crippen molar-refractivity contribution in [2.75, 3.05) is 7.05 Å². The number of nitrogens with zero attached hydrogens (tertiary/aromatic N) is 3. The van der Waals surface area contributed by atoms with E-state index < -0.39 is 0 Å². The second kappa shape index (κ2) is 5.44. The van der Waals surface area contributed by atoms with Crippen molar-refractivity contribution in [1.82, 2.24) is 20.1 Å². The highest BCUT2D eigenvalue weighted by molar-refractivity contribution is 5.94. The molecule has 0 saturated carbocycles. The van der Waals surface area contributed by atoms with Gasteiger partial charge in [-0.15, -0.1) is 0 Å². The summed E-state index contributed by atoms with van der Waals surface area (Å²) in [4.78, 5) is 17.7. The lowest BCUT2D eigenvalue weighted by molar-refractivity contribution is 0.0781. The Balaban J connectivity index is 2.05. The van der Waals surface area contributed by atoms with Gasteiger partial charge in [0.05, 0.1) is 6.54 Å². The topological polar surface area (TPSA) is 61.9 Å².